The Morgan fingerprint density at radius 3 is 2.30 bits per heavy atom. The molecule has 0 radical (unpaired) electrons. The van der Waals surface area contributed by atoms with Crippen LogP contribution < -0.4 is 9.80 Å². The number of rotatable bonds is 7. The van der Waals surface area contributed by atoms with E-state index in [9.17, 15) is 24.6 Å². The van der Waals surface area contributed by atoms with Gasteiger partial charge in [-0.25, -0.2) is 0 Å². The predicted molar refractivity (Wildman–Crippen MR) is 206 cm³/mol. The Kier molecular flexibility index (Phi) is 8.04. The van der Waals surface area contributed by atoms with Crippen LogP contribution in [0.2, 0.25) is 0 Å². The number of amides is 3. The van der Waals surface area contributed by atoms with Crippen molar-refractivity contribution in [3.63, 3.8) is 0 Å². The number of hydrogen-bond donors (Lipinski definition) is 2. The van der Waals surface area contributed by atoms with Crippen LogP contribution >= 0.6 is 0 Å². The van der Waals surface area contributed by atoms with Crippen LogP contribution in [0.15, 0.2) is 109 Å². The maximum Gasteiger partial charge on any atom is 0.264 e. The summed E-state index contributed by atoms with van der Waals surface area (Å²) >= 11 is 0. The number of para-hydroxylation sites is 1. The van der Waals surface area contributed by atoms with Crippen molar-refractivity contribution in [2.45, 2.75) is 70.1 Å². The molecule has 2 N–H and O–H groups in total. The molecule has 1 saturated heterocycles. The standard InChI is InChI=1S/C45H43N3O6/c1-27-41(44(2,3)53)38(23-39(50)46-25-31-11-5-4-10-30(31)22-33(46)26-49)54-45(27)35-15-6-7-16-36(35)47(43(45)52)24-28-18-20-32(21-19-28)48-37-17-9-13-29-12-8-14-34(40(29)37)42(48)51/h4-21,27,33,38,41,49,53H,22-26H2,1-3H3/t27-,33+,38+,41-,45+/m1/s1. The molecule has 0 bridgehead atoms. The van der Waals surface area contributed by atoms with Crippen LogP contribution in [0.4, 0.5) is 17.1 Å². The first-order valence-electron chi connectivity index (χ1n) is 18.7. The molecule has 4 aliphatic heterocycles. The van der Waals surface area contributed by atoms with Gasteiger partial charge in [0.05, 0.1) is 54.3 Å². The van der Waals surface area contributed by atoms with E-state index < -0.39 is 29.1 Å². The van der Waals surface area contributed by atoms with Crippen LogP contribution in [0.1, 0.15) is 59.8 Å². The van der Waals surface area contributed by atoms with Crippen molar-refractivity contribution in [1.82, 2.24) is 4.90 Å². The van der Waals surface area contributed by atoms with E-state index in [-0.39, 0.29) is 43.3 Å². The van der Waals surface area contributed by atoms with Crippen LogP contribution in [0.3, 0.4) is 0 Å². The summed E-state index contributed by atoms with van der Waals surface area (Å²) in [5.74, 6) is -1.51. The molecule has 0 saturated carbocycles. The number of aliphatic hydroxyl groups is 2. The van der Waals surface area contributed by atoms with Crippen molar-refractivity contribution in [3.8, 4) is 0 Å². The molecule has 4 aliphatic rings. The highest BCUT2D eigenvalue weighted by Crippen LogP contribution is 2.58. The Morgan fingerprint density at radius 1 is 0.870 bits per heavy atom. The molecule has 1 spiro atoms. The number of aliphatic hydroxyl groups excluding tert-OH is 1. The lowest BCUT2D eigenvalue weighted by Crippen LogP contribution is -2.48. The van der Waals surface area contributed by atoms with Gasteiger partial charge < -0.3 is 24.7 Å². The SMILES string of the molecule is C[C@@H]1[C@@H](C(C)(C)O)[C@H](CC(=O)N2Cc3ccccc3C[C@H]2CO)O[C@@]12C(=O)N(Cc1ccc(N3C(=O)c4cccc5cccc3c45)cc1)c1ccccc12. The van der Waals surface area contributed by atoms with Gasteiger partial charge >= 0.3 is 0 Å². The molecule has 5 aromatic rings. The highest BCUT2D eigenvalue weighted by Gasteiger charge is 2.66. The fourth-order valence-electron chi connectivity index (χ4n) is 9.83. The number of carbonyl (C=O) groups is 3. The smallest absolute Gasteiger partial charge is 0.264 e. The highest BCUT2D eigenvalue weighted by molar-refractivity contribution is 6.27. The molecule has 3 amide bonds. The van der Waals surface area contributed by atoms with Gasteiger partial charge in [0, 0.05) is 35.0 Å². The van der Waals surface area contributed by atoms with Gasteiger partial charge in [0.25, 0.3) is 11.8 Å². The average molecular weight is 722 g/mol. The fourth-order valence-corrected chi connectivity index (χ4v) is 9.83. The number of nitrogens with zero attached hydrogens (tertiary/aromatic N) is 3. The molecular weight excluding hydrogens is 679 g/mol. The topological polar surface area (TPSA) is 111 Å². The molecular formula is C45H43N3O6. The van der Waals surface area contributed by atoms with E-state index in [2.05, 4.69) is 0 Å². The molecule has 4 heterocycles. The lowest BCUT2D eigenvalue weighted by atomic mass is 9.70. The maximum atomic E-state index is 14.9. The number of ether oxygens (including phenoxy) is 1. The monoisotopic (exact) mass is 721 g/mol. The normalized spacial score (nSPS) is 24.5. The van der Waals surface area contributed by atoms with Crippen molar-refractivity contribution in [2.75, 3.05) is 16.4 Å². The van der Waals surface area contributed by atoms with Crippen LogP contribution in [-0.2, 0) is 39.4 Å². The Bertz CT molecular complexity index is 2330. The minimum atomic E-state index is -1.41. The summed E-state index contributed by atoms with van der Waals surface area (Å²) in [4.78, 5) is 47.8. The molecule has 0 aromatic heterocycles. The molecule has 9 nitrogen and oxygen atoms in total. The largest absolute Gasteiger partial charge is 0.394 e. The van der Waals surface area contributed by atoms with E-state index in [1.807, 2.05) is 116 Å². The summed E-state index contributed by atoms with van der Waals surface area (Å²) in [7, 11) is 0. The Balaban J connectivity index is 1.00. The molecule has 5 aromatic carbocycles. The minimum Gasteiger partial charge on any atom is -0.394 e. The zero-order chi connectivity index (χ0) is 37.5. The lowest BCUT2D eigenvalue weighted by molar-refractivity contribution is -0.151. The molecule has 5 atom stereocenters. The first-order valence-corrected chi connectivity index (χ1v) is 18.7. The molecule has 9 heteroatoms. The summed E-state index contributed by atoms with van der Waals surface area (Å²) in [6.45, 7) is 5.86. The van der Waals surface area contributed by atoms with Crippen LogP contribution in [0.25, 0.3) is 10.8 Å². The quantitative estimate of drug-likeness (QED) is 0.195. The fraction of sp³-hybridized carbons (Fsp3) is 0.311. The predicted octanol–water partition coefficient (Wildman–Crippen LogP) is 6.63. The summed E-state index contributed by atoms with van der Waals surface area (Å²) in [6.07, 6.45) is -0.241. The highest BCUT2D eigenvalue weighted by atomic mass is 16.5. The van der Waals surface area contributed by atoms with Crippen LogP contribution in [0.5, 0.6) is 0 Å². The first kappa shape index (κ1) is 34.4. The minimum absolute atomic E-state index is 0.0386. The van der Waals surface area contributed by atoms with Crippen molar-refractivity contribution in [1.29, 1.82) is 0 Å². The number of anilines is 3. The van der Waals surface area contributed by atoms with E-state index in [0.29, 0.717) is 18.5 Å². The Labute approximate surface area is 314 Å². The zero-order valence-electron chi connectivity index (χ0n) is 30.6. The van der Waals surface area contributed by atoms with Crippen molar-refractivity contribution in [2.24, 2.45) is 11.8 Å². The van der Waals surface area contributed by atoms with E-state index in [4.69, 9.17) is 4.74 Å². The maximum absolute atomic E-state index is 14.9. The third-order valence-corrected chi connectivity index (χ3v) is 12.2. The van der Waals surface area contributed by atoms with Crippen molar-refractivity contribution < 1.29 is 29.3 Å². The van der Waals surface area contributed by atoms with Crippen molar-refractivity contribution in [3.05, 3.63) is 137 Å². The van der Waals surface area contributed by atoms with Gasteiger partial charge in [0.1, 0.15) is 0 Å². The number of benzene rings is 5. The van der Waals surface area contributed by atoms with Gasteiger partial charge in [-0.15, -0.1) is 0 Å². The van der Waals surface area contributed by atoms with Crippen LogP contribution in [0, 0.1) is 11.8 Å². The summed E-state index contributed by atoms with van der Waals surface area (Å²) in [5.41, 5.74) is 4.08. The number of fused-ring (bicyclic) bond motifs is 3. The van der Waals surface area contributed by atoms with Gasteiger partial charge in [0.2, 0.25) is 5.91 Å². The Morgan fingerprint density at radius 2 is 1.56 bits per heavy atom. The summed E-state index contributed by atoms with van der Waals surface area (Å²) in [5, 5.41) is 23.9. The van der Waals surface area contributed by atoms with Crippen LogP contribution in [-0.4, -0.2) is 57.2 Å². The third-order valence-electron chi connectivity index (χ3n) is 12.2. The second-order valence-corrected chi connectivity index (χ2v) is 15.8. The second-order valence-electron chi connectivity index (χ2n) is 15.8. The molecule has 9 rings (SSSR count). The zero-order valence-corrected chi connectivity index (χ0v) is 30.6. The van der Waals surface area contributed by atoms with Crippen molar-refractivity contribution >= 4 is 45.6 Å². The van der Waals surface area contributed by atoms with Gasteiger partial charge in [-0.2, -0.15) is 0 Å². The van der Waals surface area contributed by atoms with E-state index in [0.717, 1.165) is 50.1 Å². The van der Waals surface area contributed by atoms with Gasteiger partial charge in [-0.05, 0) is 72.7 Å². The summed E-state index contributed by atoms with van der Waals surface area (Å²) < 4.78 is 6.92. The molecule has 274 valence electrons. The Hall–Kier alpha value is -5.35. The lowest BCUT2D eigenvalue weighted by Gasteiger charge is -2.38. The summed E-state index contributed by atoms with van der Waals surface area (Å²) in [6, 6.07) is 34.7. The van der Waals surface area contributed by atoms with Gasteiger partial charge in [0.15, 0.2) is 5.60 Å². The third kappa shape index (κ3) is 5.13. The first-order chi connectivity index (χ1) is 26.0. The van der Waals surface area contributed by atoms with E-state index >= 15 is 0 Å². The molecule has 54 heavy (non-hydrogen) atoms. The van der Waals surface area contributed by atoms with E-state index in [1.54, 1.807) is 28.5 Å². The molecule has 0 aliphatic carbocycles. The van der Waals surface area contributed by atoms with E-state index in [1.165, 1.54) is 0 Å². The average Bonchev–Trinajstić information content (AvgIpc) is 3.73. The number of carbonyl (C=O) groups excluding carboxylic acids is 3. The molecule has 0 unspecified atom stereocenters. The van der Waals surface area contributed by atoms with Gasteiger partial charge in [-0.1, -0.05) is 85.8 Å². The van der Waals surface area contributed by atoms with Gasteiger partial charge in [-0.3, -0.25) is 19.3 Å². The molecule has 1 fully saturated rings. The number of hydrogen-bond acceptors (Lipinski definition) is 6. The second kappa shape index (κ2) is 12.6.